The van der Waals surface area contributed by atoms with Crippen LogP contribution >= 0.6 is 0 Å². The number of allylic oxidation sites excluding steroid dienone is 8. The van der Waals surface area contributed by atoms with Gasteiger partial charge in [0.1, 0.15) is 13.2 Å². The Labute approximate surface area is 518 Å². The van der Waals surface area contributed by atoms with Crippen LogP contribution in [0.4, 0.5) is 0 Å². The van der Waals surface area contributed by atoms with E-state index >= 15 is 0 Å². The lowest BCUT2D eigenvalue weighted by atomic mass is 10.0. The second-order valence-electron chi connectivity index (χ2n) is 25.2. The standard InChI is InChI=1S/C77H142O6/c1-4-7-10-13-16-19-22-25-28-30-32-34-36-38-39-40-42-43-45-47-49-52-55-58-61-64-67-70-76(79)82-73-74(72-81-75(78)69-66-63-60-57-54-51-27-24-21-18-15-12-9-6-3)83-77(80)71-68-65-62-59-56-53-50-48-46-44-41-37-35-33-31-29-26-23-20-17-14-11-8-5-2/h15,18,22,24-25,27,30,32,74H,4-14,16-17,19-21,23,26,28-29,31,33-73H2,1-3H3/b18-15-,25-22-,27-24-,32-30-. The van der Waals surface area contributed by atoms with Gasteiger partial charge in [-0.05, 0) is 77.0 Å². The number of hydrogen-bond donors (Lipinski definition) is 0. The maximum Gasteiger partial charge on any atom is 0.306 e. The van der Waals surface area contributed by atoms with Crippen LogP contribution in [-0.4, -0.2) is 37.2 Å². The fourth-order valence-electron chi connectivity index (χ4n) is 11.2. The van der Waals surface area contributed by atoms with E-state index in [1.54, 1.807) is 0 Å². The third kappa shape index (κ3) is 70.0. The number of rotatable bonds is 69. The van der Waals surface area contributed by atoms with Gasteiger partial charge in [0.15, 0.2) is 6.10 Å². The summed E-state index contributed by atoms with van der Waals surface area (Å²) in [6.45, 7) is 6.65. The van der Waals surface area contributed by atoms with Crippen molar-refractivity contribution >= 4 is 17.9 Å². The van der Waals surface area contributed by atoms with Gasteiger partial charge in [0, 0.05) is 19.3 Å². The fourth-order valence-corrected chi connectivity index (χ4v) is 11.2. The Kier molecular flexibility index (Phi) is 69.6. The second kappa shape index (κ2) is 71.8. The van der Waals surface area contributed by atoms with Crippen molar-refractivity contribution in [2.24, 2.45) is 0 Å². The molecule has 6 heteroatoms. The molecule has 0 amide bonds. The molecule has 1 atom stereocenters. The maximum atomic E-state index is 13.0. The van der Waals surface area contributed by atoms with Crippen LogP contribution in [0.5, 0.6) is 0 Å². The van der Waals surface area contributed by atoms with E-state index in [4.69, 9.17) is 14.2 Å². The van der Waals surface area contributed by atoms with Crippen LogP contribution in [0.25, 0.3) is 0 Å². The Morgan fingerprint density at radius 1 is 0.241 bits per heavy atom. The summed E-state index contributed by atoms with van der Waals surface area (Å²) in [6.07, 6.45) is 91.5. The third-order valence-electron chi connectivity index (χ3n) is 16.8. The Bertz CT molecular complexity index is 1430. The minimum Gasteiger partial charge on any atom is -0.462 e. The fraction of sp³-hybridized carbons (Fsp3) is 0.857. The molecule has 0 heterocycles. The second-order valence-corrected chi connectivity index (χ2v) is 25.2. The first-order chi connectivity index (χ1) is 41.0. The summed E-state index contributed by atoms with van der Waals surface area (Å²) >= 11 is 0. The van der Waals surface area contributed by atoms with E-state index in [-0.39, 0.29) is 31.1 Å². The largest absolute Gasteiger partial charge is 0.462 e. The zero-order valence-electron chi connectivity index (χ0n) is 56.0. The summed E-state index contributed by atoms with van der Waals surface area (Å²) in [5.74, 6) is -0.858. The van der Waals surface area contributed by atoms with E-state index in [0.717, 1.165) is 83.5 Å². The predicted molar refractivity (Wildman–Crippen MR) is 362 cm³/mol. The van der Waals surface area contributed by atoms with Gasteiger partial charge in [0.05, 0.1) is 0 Å². The van der Waals surface area contributed by atoms with Gasteiger partial charge in [-0.2, -0.15) is 0 Å². The average Bonchev–Trinajstić information content (AvgIpc) is 3.49. The Balaban J connectivity index is 4.23. The van der Waals surface area contributed by atoms with Crippen molar-refractivity contribution in [3.8, 4) is 0 Å². The lowest BCUT2D eigenvalue weighted by Crippen LogP contribution is -2.30. The van der Waals surface area contributed by atoms with Gasteiger partial charge < -0.3 is 14.2 Å². The minimum absolute atomic E-state index is 0.0729. The van der Waals surface area contributed by atoms with Crippen molar-refractivity contribution in [1.29, 1.82) is 0 Å². The summed E-state index contributed by atoms with van der Waals surface area (Å²) in [7, 11) is 0. The molecule has 83 heavy (non-hydrogen) atoms. The molecule has 1 unspecified atom stereocenters. The molecule has 0 aromatic heterocycles. The van der Waals surface area contributed by atoms with Crippen LogP contribution < -0.4 is 0 Å². The molecular weight excluding hydrogens is 1020 g/mol. The molecule has 0 saturated carbocycles. The molecule has 0 aliphatic heterocycles. The SMILES string of the molecule is CCCC/C=C\C/C=C\CCCCCCCC(=O)OCC(COC(=O)CCCCCCCCCCCCCCCCC/C=C\C/C=C\CCCCCCC)OC(=O)CCCCCCCCCCCCCCCCCCCCCCCCCC. The Morgan fingerprint density at radius 2 is 0.446 bits per heavy atom. The summed E-state index contributed by atoms with van der Waals surface area (Å²) in [5, 5.41) is 0. The van der Waals surface area contributed by atoms with Crippen molar-refractivity contribution in [3.63, 3.8) is 0 Å². The number of hydrogen-bond acceptors (Lipinski definition) is 6. The third-order valence-corrected chi connectivity index (χ3v) is 16.8. The molecule has 0 aliphatic rings. The van der Waals surface area contributed by atoms with E-state index in [1.165, 1.54) is 283 Å². The van der Waals surface area contributed by atoms with Gasteiger partial charge in [-0.25, -0.2) is 0 Å². The highest BCUT2D eigenvalue weighted by atomic mass is 16.6. The monoisotopic (exact) mass is 1160 g/mol. The van der Waals surface area contributed by atoms with Gasteiger partial charge >= 0.3 is 17.9 Å². The number of carbonyl (C=O) groups excluding carboxylic acids is 3. The normalized spacial score (nSPS) is 12.3. The number of esters is 3. The minimum atomic E-state index is -0.778. The summed E-state index contributed by atoms with van der Waals surface area (Å²) in [6, 6.07) is 0. The van der Waals surface area contributed by atoms with Crippen LogP contribution in [-0.2, 0) is 28.6 Å². The van der Waals surface area contributed by atoms with E-state index in [1.807, 2.05) is 0 Å². The van der Waals surface area contributed by atoms with Gasteiger partial charge in [-0.3, -0.25) is 14.4 Å². The molecule has 0 radical (unpaired) electrons. The molecule has 486 valence electrons. The predicted octanol–water partition coefficient (Wildman–Crippen LogP) is 25.7. The molecule has 0 rings (SSSR count). The highest BCUT2D eigenvalue weighted by Gasteiger charge is 2.19. The average molecular weight is 1160 g/mol. The van der Waals surface area contributed by atoms with Crippen LogP contribution in [0.2, 0.25) is 0 Å². The molecule has 0 spiro atoms. The summed E-state index contributed by atoms with van der Waals surface area (Å²) < 4.78 is 17.0. The molecule has 6 nitrogen and oxygen atoms in total. The van der Waals surface area contributed by atoms with E-state index in [0.29, 0.717) is 19.3 Å². The van der Waals surface area contributed by atoms with Crippen molar-refractivity contribution in [3.05, 3.63) is 48.6 Å². The quantitative estimate of drug-likeness (QED) is 0.0261. The van der Waals surface area contributed by atoms with Crippen LogP contribution in [0.15, 0.2) is 48.6 Å². The van der Waals surface area contributed by atoms with E-state index in [2.05, 4.69) is 69.4 Å². The first-order valence-electron chi connectivity index (χ1n) is 37.1. The molecule has 0 aliphatic carbocycles. The number of ether oxygens (including phenoxy) is 3. The Morgan fingerprint density at radius 3 is 0.699 bits per heavy atom. The van der Waals surface area contributed by atoms with Crippen LogP contribution in [0.1, 0.15) is 406 Å². The summed E-state index contributed by atoms with van der Waals surface area (Å²) in [5.41, 5.74) is 0. The van der Waals surface area contributed by atoms with Gasteiger partial charge in [-0.1, -0.05) is 358 Å². The van der Waals surface area contributed by atoms with Crippen LogP contribution in [0.3, 0.4) is 0 Å². The topological polar surface area (TPSA) is 78.9 Å². The maximum absolute atomic E-state index is 13.0. The van der Waals surface area contributed by atoms with Gasteiger partial charge in [0.25, 0.3) is 0 Å². The molecule has 0 fully saturated rings. The van der Waals surface area contributed by atoms with Crippen LogP contribution in [0, 0.1) is 0 Å². The van der Waals surface area contributed by atoms with Crippen molar-refractivity contribution in [1.82, 2.24) is 0 Å². The first-order valence-corrected chi connectivity index (χ1v) is 37.1. The molecule has 0 saturated heterocycles. The smallest absolute Gasteiger partial charge is 0.306 e. The van der Waals surface area contributed by atoms with Crippen molar-refractivity contribution in [2.45, 2.75) is 412 Å². The number of carbonyl (C=O) groups is 3. The molecular formula is C77H142O6. The highest BCUT2D eigenvalue weighted by Crippen LogP contribution is 2.19. The van der Waals surface area contributed by atoms with Gasteiger partial charge in [0.2, 0.25) is 0 Å². The van der Waals surface area contributed by atoms with E-state index < -0.39 is 6.10 Å². The molecule has 0 aromatic rings. The zero-order chi connectivity index (χ0) is 59.9. The first kappa shape index (κ1) is 80.4. The number of unbranched alkanes of at least 4 members (excludes halogenated alkanes) is 50. The zero-order valence-corrected chi connectivity index (χ0v) is 56.0. The molecule has 0 N–H and O–H groups in total. The Hall–Kier alpha value is -2.63. The molecule has 0 aromatic carbocycles. The lowest BCUT2D eigenvalue weighted by Gasteiger charge is -2.18. The summed E-state index contributed by atoms with van der Waals surface area (Å²) in [4.78, 5) is 38.5. The van der Waals surface area contributed by atoms with Crippen molar-refractivity contribution in [2.75, 3.05) is 13.2 Å². The van der Waals surface area contributed by atoms with Gasteiger partial charge in [-0.15, -0.1) is 0 Å². The molecule has 0 bridgehead atoms. The van der Waals surface area contributed by atoms with Crippen molar-refractivity contribution < 1.29 is 28.6 Å². The highest BCUT2D eigenvalue weighted by molar-refractivity contribution is 5.71. The lowest BCUT2D eigenvalue weighted by molar-refractivity contribution is -0.167. The van der Waals surface area contributed by atoms with E-state index in [9.17, 15) is 14.4 Å².